The SMILES string of the molecule is CN1CCCC(NCCNC2CC2)C1. The van der Waals surface area contributed by atoms with Crippen molar-refractivity contribution in [3.63, 3.8) is 0 Å². The summed E-state index contributed by atoms with van der Waals surface area (Å²) >= 11 is 0. The molecule has 1 saturated heterocycles. The van der Waals surface area contributed by atoms with Crippen LogP contribution in [0, 0.1) is 0 Å². The minimum atomic E-state index is 0.731. The molecule has 0 aromatic carbocycles. The van der Waals surface area contributed by atoms with Crippen LogP contribution in [0.25, 0.3) is 0 Å². The second-order valence-electron chi connectivity index (χ2n) is 4.78. The summed E-state index contributed by atoms with van der Waals surface area (Å²) < 4.78 is 0. The Morgan fingerprint density at radius 2 is 1.79 bits per heavy atom. The highest BCUT2D eigenvalue weighted by molar-refractivity contribution is 4.82. The molecule has 2 fully saturated rings. The Hall–Kier alpha value is -0.120. The van der Waals surface area contributed by atoms with Gasteiger partial charge in [-0.15, -0.1) is 0 Å². The fraction of sp³-hybridized carbons (Fsp3) is 1.00. The first kappa shape index (κ1) is 10.4. The molecule has 1 aliphatic heterocycles. The summed E-state index contributed by atoms with van der Waals surface area (Å²) in [4.78, 5) is 2.43. The van der Waals surface area contributed by atoms with Gasteiger partial charge in [0.1, 0.15) is 0 Å². The van der Waals surface area contributed by atoms with E-state index in [0.29, 0.717) is 0 Å². The Balaban J connectivity index is 1.50. The molecule has 82 valence electrons. The molecular weight excluding hydrogens is 174 g/mol. The lowest BCUT2D eigenvalue weighted by Crippen LogP contribution is -2.45. The van der Waals surface area contributed by atoms with Crippen molar-refractivity contribution in [2.75, 3.05) is 33.2 Å². The van der Waals surface area contributed by atoms with E-state index >= 15 is 0 Å². The summed E-state index contributed by atoms with van der Waals surface area (Å²) in [7, 11) is 2.22. The zero-order valence-corrected chi connectivity index (χ0v) is 9.26. The predicted octanol–water partition coefficient (Wildman–Crippen LogP) is 0.422. The van der Waals surface area contributed by atoms with Crippen LogP contribution in [0.3, 0.4) is 0 Å². The van der Waals surface area contributed by atoms with Crippen molar-refractivity contribution < 1.29 is 0 Å². The summed E-state index contributed by atoms with van der Waals surface area (Å²) in [6.07, 6.45) is 5.50. The van der Waals surface area contributed by atoms with Gasteiger partial charge in [0.15, 0.2) is 0 Å². The maximum atomic E-state index is 3.63. The molecule has 2 N–H and O–H groups in total. The fourth-order valence-electron chi connectivity index (χ4n) is 2.17. The number of nitrogens with zero attached hydrogens (tertiary/aromatic N) is 1. The largest absolute Gasteiger partial charge is 0.313 e. The molecule has 2 rings (SSSR count). The molecule has 0 spiro atoms. The van der Waals surface area contributed by atoms with Gasteiger partial charge in [0.05, 0.1) is 0 Å². The maximum Gasteiger partial charge on any atom is 0.0195 e. The normalized spacial score (nSPS) is 29.4. The molecule has 3 heteroatoms. The quantitative estimate of drug-likeness (QED) is 0.626. The van der Waals surface area contributed by atoms with E-state index in [2.05, 4.69) is 22.6 Å². The molecule has 3 nitrogen and oxygen atoms in total. The monoisotopic (exact) mass is 197 g/mol. The standard InChI is InChI=1S/C11H23N3/c1-14-8-2-3-11(9-14)13-7-6-12-10-4-5-10/h10-13H,2-9H2,1H3. The van der Waals surface area contributed by atoms with Crippen molar-refractivity contribution in [1.29, 1.82) is 0 Å². The Bertz CT molecular complexity index is 168. The van der Waals surface area contributed by atoms with Gasteiger partial charge in [-0.3, -0.25) is 0 Å². The number of likely N-dealkylation sites (N-methyl/N-ethyl adjacent to an activating group) is 1. The number of rotatable bonds is 5. The number of piperidine rings is 1. The van der Waals surface area contributed by atoms with Gasteiger partial charge in [-0.05, 0) is 39.3 Å². The van der Waals surface area contributed by atoms with Gasteiger partial charge < -0.3 is 15.5 Å². The van der Waals surface area contributed by atoms with Crippen LogP contribution in [-0.4, -0.2) is 50.2 Å². The van der Waals surface area contributed by atoms with E-state index in [0.717, 1.165) is 25.2 Å². The van der Waals surface area contributed by atoms with Gasteiger partial charge >= 0.3 is 0 Å². The number of nitrogens with one attached hydrogen (secondary N) is 2. The van der Waals surface area contributed by atoms with Crippen LogP contribution < -0.4 is 10.6 Å². The summed E-state index contributed by atoms with van der Waals surface area (Å²) in [5.74, 6) is 0. The second-order valence-corrected chi connectivity index (χ2v) is 4.78. The van der Waals surface area contributed by atoms with Crippen molar-refractivity contribution in [2.24, 2.45) is 0 Å². The van der Waals surface area contributed by atoms with Crippen molar-refractivity contribution in [3.05, 3.63) is 0 Å². The topological polar surface area (TPSA) is 27.3 Å². The van der Waals surface area contributed by atoms with Crippen LogP contribution in [0.1, 0.15) is 25.7 Å². The number of hydrogen-bond acceptors (Lipinski definition) is 3. The van der Waals surface area contributed by atoms with E-state index in [4.69, 9.17) is 0 Å². The molecule has 14 heavy (non-hydrogen) atoms. The number of hydrogen-bond donors (Lipinski definition) is 2. The van der Waals surface area contributed by atoms with Gasteiger partial charge in [-0.2, -0.15) is 0 Å². The highest BCUT2D eigenvalue weighted by atomic mass is 15.1. The Kier molecular flexibility index (Phi) is 3.79. The molecule has 1 unspecified atom stereocenters. The van der Waals surface area contributed by atoms with E-state index in [-0.39, 0.29) is 0 Å². The lowest BCUT2D eigenvalue weighted by molar-refractivity contribution is 0.227. The van der Waals surface area contributed by atoms with Gasteiger partial charge in [0, 0.05) is 31.7 Å². The lowest BCUT2D eigenvalue weighted by Gasteiger charge is -2.30. The molecule has 1 saturated carbocycles. The highest BCUT2D eigenvalue weighted by Gasteiger charge is 2.20. The molecule has 0 amide bonds. The van der Waals surface area contributed by atoms with Crippen LogP contribution in [0.4, 0.5) is 0 Å². The van der Waals surface area contributed by atoms with E-state index in [1.54, 1.807) is 0 Å². The molecule has 0 radical (unpaired) electrons. The van der Waals surface area contributed by atoms with Crippen molar-refractivity contribution >= 4 is 0 Å². The van der Waals surface area contributed by atoms with Crippen LogP contribution >= 0.6 is 0 Å². The first-order valence-electron chi connectivity index (χ1n) is 6.00. The van der Waals surface area contributed by atoms with Gasteiger partial charge in [-0.25, -0.2) is 0 Å². The zero-order chi connectivity index (χ0) is 9.80. The first-order chi connectivity index (χ1) is 6.84. The van der Waals surface area contributed by atoms with Crippen LogP contribution in [0.2, 0.25) is 0 Å². The molecular formula is C11H23N3. The summed E-state index contributed by atoms with van der Waals surface area (Å²) in [5, 5.41) is 7.16. The van der Waals surface area contributed by atoms with E-state index < -0.39 is 0 Å². The Labute approximate surface area is 87.2 Å². The number of likely N-dealkylation sites (tertiary alicyclic amines) is 1. The average molecular weight is 197 g/mol. The Morgan fingerprint density at radius 1 is 1.07 bits per heavy atom. The molecule has 0 aromatic rings. The first-order valence-corrected chi connectivity index (χ1v) is 6.00. The molecule has 1 atom stereocenters. The van der Waals surface area contributed by atoms with Crippen LogP contribution in [-0.2, 0) is 0 Å². The third-order valence-corrected chi connectivity index (χ3v) is 3.19. The highest BCUT2D eigenvalue weighted by Crippen LogP contribution is 2.17. The molecule has 2 aliphatic rings. The van der Waals surface area contributed by atoms with E-state index in [9.17, 15) is 0 Å². The molecule has 0 aromatic heterocycles. The van der Waals surface area contributed by atoms with Crippen LogP contribution in [0.5, 0.6) is 0 Å². The zero-order valence-electron chi connectivity index (χ0n) is 9.26. The smallest absolute Gasteiger partial charge is 0.0195 e. The fourth-order valence-corrected chi connectivity index (χ4v) is 2.17. The predicted molar refractivity (Wildman–Crippen MR) is 59.5 cm³/mol. The molecule has 0 bridgehead atoms. The van der Waals surface area contributed by atoms with Crippen LogP contribution in [0.15, 0.2) is 0 Å². The summed E-state index contributed by atoms with van der Waals surface area (Å²) in [5.41, 5.74) is 0. The van der Waals surface area contributed by atoms with Crippen molar-refractivity contribution in [2.45, 2.75) is 37.8 Å². The summed E-state index contributed by atoms with van der Waals surface area (Å²) in [6.45, 7) is 4.78. The van der Waals surface area contributed by atoms with Crippen molar-refractivity contribution in [1.82, 2.24) is 15.5 Å². The van der Waals surface area contributed by atoms with E-state index in [1.165, 1.54) is 38.8 Å². The van der Waals surface area contributed by atoms with Gasteiger partial charge in [0.25, 0.3) is 0 Å². The van der Waals surface area contributed by atoms with E-state index in [1.807, 2.05) is 0 Å². The van der Waals surface area contributed by atoms with Gasteiger partial charge in [0.2, 0.25) is 0 Å². The van der Waals surface area contributed by atoms with Crippen molar-refractivity contribution in [3.8, 4) is 0 Å². The van der Waals surface area contributed by atoms with Gasteiger partial charge in [-0.1, -0.05) is 0 Å². The Morgan fingerprint density at radius 3 is 2.43 bits per heavy atom. The minimum absolute atomic E-state index is 0.731. The third-order valence-electron chi connectivity index (χ3n) is 3.19. The summed E-state index contributed by atoms with van der Waals surface area (Å²) in [6, 6.07) is 1.58. The minimum Gasteiger partial charge on any atom is -0.313 e. The second kappa shape index (κ2) is 5.10. The third kappa shape index (κ3) is 3.56. The molecule has 1 aliphatic carbocycles. The average Bonchev–Trinajstić information content (AvgIpc) is 2.96. The molecule has 1 heterocycles. The maximum absolute atomic E-state index is 3.63. The lowest BCUT2D eigenvalue weighted by atomic mass is 10.1.